The lowest BCUT2D eigenvalue weighted by Crippen LogP contribution is -2.54. The number of phenols is 1. The highest BCUT2D eigenvalue weighted by Gasteiger charge is 2.72. The van der Waals surface area contributed by atoms with Crippen LogP contribution in [0.5, 0.6) is 5.75 Å². The fourth-order valence-corrected chi connectivity index (χ4v) is 4.79. The highest BCUT2D eigenvalue weighted by atomic mass is 79.9. The number of nitrogens with zero attached hydrogens (tertiary/aromatic N) is 1. The Labute approximate surface area is 157 Å². The molecule has 3 unspecified atom stereocenters. The number of hydrogen-bond acceptors (Lipinski definition) is 3. The first-order valence-corrected chi connectivity index (χ1v) is 9.11. The lowest BCUT2D eigenvalue weighted by atomic mass is 9.68. The molecule has 2 aliphatic rings. The second kappa shape index (κ2) is 5.90. The molecule has 0 bridgehead atoms. The number of allylic oxidation sites excluding steroid dienone is 3. The topological polar surface area (TPSA) is 57.6 Å². The minimum absolute atomic E-state index is 0.00449. The lowest BCUT2D eigenvalue weighted by Gasteiger charge is -2.42. The molecule has 0 saturated carbocycles. The van der Waals surface area contributed by atoms with Crippen molar-refractivity contribution in [1.82, 2.24) is 4.90 Å². The standard InChI is InChI=1S/C17H14BrCl2NO3/c1-2-10-7-8-16(19)14(23)21(9-18)15(24)17(16,20)13(10)11-5-3-4-6-12(11)22/h2-7,13,22H,1,8-9H2. The van der Waals surface area contributed by atoms with Gasteiger partial charge in [-0.2, -0.15) is 0 Å². The summed E-state index contributed by atoms with van der Waals surface area (Å²) in [6, 6.07) is 6.56. The first-order valence-electron chi connectivity index (χ1n) is 7.23. The number of phenolic OH excluding ortho intramolecular Hbond substituents is 1. The molecule has 1 N–H and O–H groups in total. The lowest BCUT2D eigenvalue weighted by molar-refractivity contribution is -0.138. The maximum atomic E-state index is 13.0. The number of carbonyl (C=O) groups is 2. The maximum absolute atomic E-state index is 13.0. The van der Waals surface area contributed by atoms with Crippen LogP contribution in [0.4, 0.5) is 0 Å². The Morgan fingerprint density at radius 1 is 1.33 bits per heavy atom. The van der Waals surface area contributed by atoms with Gasteiger partial charge in [0, 0.05) is 11.5 Å². The van der Waals surface area contributed by atoms with E-state index in [4.69, 9.17) is 23.2 Å². The molecule has 1 aromatic carbocycles. The highest BCUT2D eigenvalue weighted by molar-refractivity contribution is 9.09. The van der Waals surface area contributed by atoms with E-state index in [2.05, 4.69) is 22.5 Å². The van der Waals surface area contributed by atoms with Crippen molar-refractivity contribution >= 4 is 50.9 Å². The average Bonchev–Trinajstić information content (AvgIpc) is 2.72. The highest BCUT2D eigenvalue weighted by Crippen LogP contribution is 2.60. The van der Waals surface area contributed by atoms with Gasteiger partial charge in [0.05, 0.1) is 5.45 Å². The molecule has 0 radical (unpaired) electrons. The Bertz CT molecular complexity index is 781. The Hall–Kier alpha value is -1.30. The molecule has 7 heteroatoms. The van der Waals surface area contributed by atoms with Crippen LogP contribution in [0.25, 0.3) is 0 Å². The largest absolute Gasteiger partial charge is 0.508 e. The Balaban J connectivity index is 2.29. The van der Waals surface area contributed by atoms with E-state index in [1.807, 2.05) is 0 Å². The Kier molecular flexibility index (Phi) is 4.31. The van der Waals surface area contributed by atoms with Crippen LogP contribution in [-0.4, -0.2) is 37.0 Å². The third kappa shape index (κ3) is 2.04. The summed E-state index contributed by atoms with van der Waals surface area (Å²) >= 11 is 16.6. The van der Waals surface area contributed by atoms with E-state index in [1.54, 1.807) is 30.4 Å². The number of amides is 2. The van der Waals surface area contributed by atoms with Gasteiger partial charge in [-0.25, -0.2) is 0 Å². The van der Waals surface area contributed by atoms with Crippen molar-refractivity contribution in [2.45, 2.75) is 22.1 Å². The van der Waals surface area contributed by atoms with Crippen molar-refractivity contribution in [2.24, 2.45) is 0 Å². The van der Waals surface area contributed by atoms with E-state index in [-0.39, 0.29) is 17.6 Å². The number of halogens is 3. The van der Waals surface area contributed by atoms with Crippen molar-refractivity contribution in [3.63, 3.8) is 0 Å². The fraction of sp³-hybridized carbons (Fsp3) is 0.294. The minimum atomic E-state index is -1.74. The summed E-state index contributed by atoms with van der Waals surface area (Å²) in [6.45, 7) is 3.77. The van der Waals surface area contributed by atoms with Crippen molar-refractivity contribution in [2.75, 3.05) is 5.45 Å². The van der Waals surface area contributed by atoms with Crippen molar-refractivity contribution in [3.8, 4) is 5.75 Å². The smallest absolute Gasteiger partial charge is 0.254 e. The molecule has 1 aliphatic carbocycles. The van der Waals surface area contributed by atoms with Gasteiger partial charge in [-0.1, -0.05) is 52.9 Å². The van der Waals surface area contributed by atoms with Crippen LogP contribution < -0.4 is 0 Å². The first-order chi connectivity index (χ1) is 11.3. The number of imide groups is 1. The summed E-state index contributed by atoms with van der Waals surface area (Å²) < 4.78 is 0. The predicted molar refractivity (Wildman–Crippen MR) is 96.6 cm³/mol. The maximum Gasteiger partial charge on any atom is 0.254 e. The van der Waals surface area contributed by atoms with Gasteiger partial charge in [-0.3, -0.25) is 14.5 Å². The van der Waals surface area contributed by atoms with E-state index < -0.39 is 27.5 Å². The van der Waals surface area contributed by atoms with Crippen LogP contribution in [0.1, 0.15) is 17.9 Å². The molecule has 1 fully saturated rings. The number of para-hydroxylation sites is 1. The van der Waals surface area contributed by atoms with Gasteiger partial charge in [-0.05, 0) is 18.1 Å². The van der Waals surface area contributed by atoms with Crippen LogP contribution in [0.2, 0.25) is 0 Å². The second-order valence-corrected chi connectivity index (χ2v) is 7.52. The van der Waals surface area contributed by atoms with Crippen LogP contribution in [0.15, 0.2) is 48.6 Å². The Morgan fingerprint density at radius 3 is 2.58 bits per heavy atom. The third-order valence-electron chi connectivity index (χ3n) is 4.67. The van der Waals surface area contributed by atoms with E-state index in [9.17, 15) is 14.7 Å². The molecular weight excluding hydrogens is 417 g/mol. The quantitative estimate of drug-likeness (QED) is 0.452. The van der Waals surface area contributed by atoms with Gasteiger partial charge in [0.25, 0.3) is 11.8 Å². The van der Waals surface area contributed by atoms with Gasteiger partial charge in [-0.15, -0.1) is 23.2 Å². The summed E-state index contributed by atoms with van der Waals surface area (Å²) in [5.41, 5.74) is 1.09. The molecule has 1 aliphatic heterocycles. The zero-order valence-corrected chi connectivity index (χ0v) is 15.6. The molecule has 4 nitrogen and oxygen atoms in total. The monoisotopic (exact) mass is 429 g/mol. The molecule has 1 saturated heterocycles. The predicted octanol–water partition coefficient (Wildman–Crippen LogP) is 3.67. The van der Waals surface area contributed by atoms with E-state index in [0.29, 0.717) is 11.1 Å². The van der Waals surface area contributed by atoms with Crippen molar-refractivity contribution < 1.29 is 14.7 Å². The van der Waals surface area contributed by atoms with Gasteiger partial charge in [0.15, 0.2) is 9.75 Å². The van der Waals surface area contributed by atoms with Gasteiger partial charge < -0.3 is 5.11 Å². The number of benzene rings is 1. The second-order valence-electron chi connectivity index (χ2n) is 5.77. The minimum Gasteiger partial charge on any atom is -0.508 e. The van der Waals surface area contributed by atoms with E-state index in [1.165, 1.54) is 6.07 Å². The van der Waals surface area contributed by atoms with E-state index in [0.717, 1.165) is 4.90 Å². The van der Waals surface area contributed by atoms with Gasteiger partial charge >= 0.3 is 0 Å². The molecule has 24 heavy (non-hydrogen) atoms. The van der Waals surface area contributed by atoms with Gasteiger partial charge in [0.1, 0.15) is 5.75 Å². The zero-order chi connectivity index (χ0) is 17.7. The van der Waals surface area contributed by atoms with Crippen LogP contribution in [-0.2, 0) is 9.59 Å². The summed E-state index contributed by atoms with van der Waals surface area (Å²) in [6.07, 6.45) is 3.44. The normalized spacial score (nSPS) is 32.5. The van der Waals surface area contributed by atoms with Crippen molar-refractivity contribution in [1.29, 1.82) is 0 Å². The van der Waals surface area contributed by atoms with E-state index >= 15 is 0 Å². The number of carbonyl (C=O) groups excluding carboxylic acids is 2. The summed E-state index contributed by atoms with van der Waals surface area (Å²) in [5.74, 6) is -1.93. The Morgan fingerprint density at radius 2 is 2.00 bits per heavy atom. The molecule has 3 rings (SSSR count). The summed E-state index contributed by atoms with van der Waals surface area (Å²) in [5, 5.41) is 10.3. The molecular formula is C17H14BrCl2NO3. The fourth-order valence-electron chi connectivity index (χ4n) is 3.46. The number of likely N-dealkylation sites (tertiary alicyclic amines) is 1. The number of aromatic hydroxyl groups is 1. The average molecular weight is 431 g/mol. The number of hydrogen-bond donors (Lipinski definition) is 1. The number of alkyl halides is 3. The van der Waals surface area contributed by atoms with Crippen molar-refractivity contribution in [3.05, 3.63) is 54.1 Å². The van der Waals surface area contributed by atoms with Crippen LogP contribution >= 0.6 is 39.1 Å². The third-order valence-corrected chi connectivity index (χ3v) is 6.59. The summed E-state index contributed by atoms with van der Waals surface area (Å²) in [7, 11) is 0. The molecule has 2 amide bonds. The molecule has 0 spiro atoms. The molecule has 126 valence electrons. The zero-order valence-electron chi connectivity index (χ0n) is 12.5. The number of rotatable bonds is 3. The molecule has 3 atom stereocenters. The van der Waals surface area contributed by atoms with Crippen LogP contribution in [0, 0.1) is 0 Å². The van der Waals surface area contributed by atoms with Crippen LogP contribution in [0.3, 0.4) is 0 Å². The van der Waals surface area contributed by atoms with Gasteiger partial charge in [0.2, 0.25) is 0 Å². The molecule has 1 aromatic rings. The SMILES string of the molecule is C=CC1=CCC2(Cl)C(=O)N(CBr)C(=O)C2(Cl)C1c1ccccc1O. The molecule has 0 aromatic heterocycles. The number of fused-ring (bicyclic) bond motifs is 1. The first kappa shape index (κ1) is 17.5. The summed E-state index contributed by atoms with van der Waals surface area (Å²) in [4.78, 5) is 23.3. The molecule has 1 heterocycles.